The molecule has 8 heteroatoms. The van der Waals surface area contributed by atoms with Crippen molar-refractivity contribution in [1.29, 1.82) is 0 Å². The number of amides is 1. The average molecular weight is 690 g/mol. The molecule has 5 rings (SSSR count). The molecule has 0 radical (unpaired) electrons. The summed E-state index contributed by atoms with van der Waals surface area (Å²) >= 11 is 4.59. The second-order valence-electron chi connectivity index (χ2n) is 8.65. The number of hydrogen-bond donors (Lipinski definition) is 2. The number of methoxy groups -OCH3 is 1. The van der Waals surface area contributed by atoms with Crippen molar-refractivity contribution in [3.8, 4) is 5.75 Å². The summed E-state index contributed by atoms with van der Waals surface area (Å²) in [7, 11) is 1.68. The van der Waals surface area contributed by atoms with Gasteiger partial charge in [-0.25, -0.2) is 4.98 Å². The lowest BCUT2D eigenvalue weighted by molar-refractivity contribution is -0.113. The lowest BCUT2D eigenvalue weighted by atomic mass is 9.94. The van der Waals surface area contributed by atoms with Crippen LogP contribution in [0.1, 0.15) is 29.7 Å². The van der Waals surface area contributed by atoms with E-state index in [9.17, 15) is 4.79 Å². The Hall–Kier alpha value is -2.60. The van der Waals surface area contributed by atoms with Crippen LogP contribution in [0, 0.1) is 21.0 Å². The second kappa shape index (κ2) is 9.45. The standard InChI is InChI=1S/C27H24I2N4O2/c1-14-9-10-20(15(2)11-14)31-26(34)23-16(3)30-27-32-21-7-5-6-8-22(21)33(27)24(23)17-12-18(28)25(35-4)19(29)13-17/h5-13,24H,1-4H3,(H,30,32)(H,31,34)/t24-/m0/s1. The van der Waals surface area contributed by atoms with Crippen LogP contribution in [0.3, 0.4) is 0 Å². The maximum Gasteiger partial charge on any atom is 0.255 e. The molecule has 0 aliphatic carbocycles. The Morgan fingerprint density at radius 1 is 1.06 bits per heavy atom. The summed E-state index contributed by atoms with van der Waals surface area (Å²) in [5.74, 6) is 1.41. The third-order valence-corrected chi connectivity index (χ3v) is 7.85. The van der Waals surface area contributed by atoms with Gasteiger partial charge in [-0.3, -0.25) is 9.36 Å². The number of hydrogen-bond acceptors (Lipinski definition) is 4. The predicted molar refractivity (Wildman–Crippen MR) is 157 cm³/mol. The van der Waals surface area contributed by atoms with Crippen molar-refractivity contribution in [2.24, 2.45) is 0 Å². The summed E-state index contributed by atoms with van der Waals surface area (Å²) in [6.45, 7) is 5.99. The van der Waals surface area contributed by atoms with E-state index in [2.05, 4.69) is 78.6 Å². The SMILES string of the molecule is COc1c(I)cc([C@H]2C(C(=O)Nc3ccc(C)cc3C)=C(C)Nc3nc4ccccc4n32)cc1I. The molecule has 178 valence electrons. The summed E-state index contributed by atoms with van der Waals surface area (Å²) in [5.41, 5.74) is 7.25. The smallest absolute Gasteiger partial charge is 0.255 e. The zero-order valence-electron chi connectivity index (χ0n) is 19.7. The van der Waals surface area contributed by atoms with E-state index in [1.54, 1.807) is 7.11 Å². The normalized spacial score (nSPS) is 15.1. The van der Waals surface area contributed by atoms with E-state index in [4.69, 9.17) is 9.72 Å². The zero-order chi connectivity index (χ0) is 24.9. The van der Waals surface area contributed by atoms with Crippen molar-refractivity contribution in [1.82, 2.24) is 9.55 Å². The molecular weight excluding hydrogens is 666 g/mol. The first-order valence-corrected chi connectivity index (χ1v) is 13.3. The third kappa shape index (κ3) is 4.31. The van der Waals surface area contributed by atoms with E-state index in [-0.39, 0.29) is 11.9 Å². The Morgan fingerprint density at radius 3 is 2.46 bits per heavy atom. The fourth-order valence-corrected chi connectivity index (χ4v) is 6.91. The van der Waals surface area contributed by atoms with Crippen LogP contribution in [-0.2, 0) is 4.79 Å². The number of carbonyl (C=O) groups is 1. The zero-order valence-corrected chi connectivity index (χ0v) is 24.1. The van der Waals surface area contributed by atoms with Gasteiger partial charge in [0.05, 0.1) is 36.9 Å². The minimum absolute atomic E-state index is 0.142. The van der Waals surface area contributed by atoms with Gasteiger partial charge in [-0.15, -0.1) is 0 Å². The van der Waals surface area contributed by atoms with Gasteiger partial charge in [0, 0.05) is 11.4 Å². The Kier molecular flexibility index (Phi) is 6.51. The molecule has 2 N–H and O–H groups in total. The summed E-state index contributed by atoms with van der Waals surface area (Å²) in [4.78, 5) is 18.7. The van der Waals surface area contributed by atoms with Crippen molar-refractivity contribution in [3.63, 3.8) is 0 Å². The highest BCUT2D eigenvalue weighted by atomic mass is 127. The van der Waals surface area contributed by atoms with E-state index >= 15 is 0 Å². The van der Waals surface area contributed by atoms with E-state index in [1.807, 2.05) is 57.2 Å². The summed E-state index contributed by atoms with van der Waals surface area (Å²) in [5, 5.41) is 6.54. The van der Waals surface area contributed by atoms with E-state index in [0.29, 0.717) is 5.57 Å². The maximum atomic E-state index is 13.9. The minimum atomic E-state index is -0.364. The van der Waals surface area contributed by atoms with Crippen LogP contribution < -0.4 is 15.4 Å². The summed E-state index contributed by atoms with van der Waals surface area (Å²) < 4.78 is 9.70. The Labute approximate surface area is 231 Å². The topological polar surface area (TPSA) is 68.2 Å². The molecule has 1 aliphatic heterocycles. The van der Waals surface area contributed by atoms with E-state index in [1.165, 1.54) is 0 Å². The highest BCUT2D eigenvalue weighted by Crippen LogP contribution is 2.42. The molecule has 0 fully saturated rings. The van der Waals surface area contributed by atoms with Crippen LogP contribution in [0.5, 0.6) is 5.75 Å². The van der Waals surface area contributed by atoms with Gasteiger partial charge < -0.3 is 15.4 Å². The Bertz CT molecular complexity index is 1500. The van der Waals surface area contributed by atoms with E-state index in [0.717, 1.165) is 57.9 Å². The van der Waals surface area contributed by atoms with Gasteiger partial charge in [0.1, 0.15) is 5.75 Å². The van der Waals surface area contributed by atoms with Crippen LogP contribution in [0.4, 0.5) is 11.6 Å². The van der Waals surface area contributed by atoms with Gasteiger partial charge in [-0.05, 0) is 107 Å². The molecule has 0 saturated carbocycles. The molecule has 4 aromatic rings. The monoisotopic (exact) mass is 690 g/mol. The summed E-state index contributed by atoms with van der Waals surface area (Å²) in [6.07, 6.45) is 0. The molecule has 1 aromatic heterocycles. The molecular formula is C27H24I2N4O2. The number of allylic oxidation sites excluding steroid dienone is 1. The highest BCUT2D eigenvalue weighted by molar-refractivity contribution is 14.1. The highest BCUT2D eigenvalue weighted by Gasteiger charge is 2.35. The first kappa shape index (κ1) is 24.1. The second-order valence-corrected chi connectivity index (χ2v) is 11.0. The van der Waals surface area contributed by atoms with Crippen molar-refractivity contribution >= 4 is 73.8 Å². The average Bonchev–Trinajstić information content (AvgIpc) is 3.17. The molecule has 0 bridgehead atoms. The van der Waals surface area contributed by atoms with Crippen LogP contribution >= 0.6 is 45.2 Å². The van der Waals surface area contributed by atoms with Crippen molar-refractivity contribution < 1.29 is 9.53 Å². The number of benzene rings is 3. The third-order valence-electron chi connectivity index (χ3n) is 6.25. The molecule has 1 amide bonds. The Balaban J connectivity index is 1.70. The van der Waals surface area contributed by atoms with Crippen LogP contribution in [0.25, 0.3) is 11.0 Å². The molecule has 1 atom stereocenters. The number of imidazole rings is 1. The van der Waals surface area contributed by atoms with Gasteiger partial charge in [0.2, 0.25) is 5.95 Å². The number of ether oxygens (including phenoxy) is 1. The number of rotatable bonds is 4. The minimum Gasteiger partial charge on any atom is -0.495 e. The quantitative estimate of drug-likeness (QED) is 0.232. The van der Waals surface area contributed by atoms with Crippen LogP contribution in [-0.4, -0.2) is 22.6 Å². The lowest BCUT2D eigenvalue weighted by Gasteiger charge is -2.31. The molecule has 6 nitrogen and oxygen atoms in total. The number of halogens is 2. The number of aryl methyl sites for hydroxylation is 2. The van der Waals surface area contributed by atoms with Crippen LogP contribution in [0.15, 0.2) is 65.9 Å². The van der Waals surface area contributed by atoms with Crippen molar-refractivity contribution in [2.75, 3.05) is 17.7 Å². The van der Waals surface area contributed by atoms with Gasteiger partial charge >= 0.3 is 0 Å². The fraction of sp³-hybridized carbons (Fsp3) is 0.185. The molecule has 0 saturated heterocycles. The number of nitrogens with zero attached hydrogens (tertiary/aromatic N) is 2. The van der Waals surface area contributed by atoms with Gasteiger partial charge in [-0.2, -0.15) is 0 Å². The summed E-state index contributed by atoms with van der Waals surface area (Å²) in [6, 6.07) is 17.9. The van der Waals surface area contributed by atoms with Gasteiger partial charge in [0.25, 0.3) is 5.91 Å². The number of para-hydroxylation sites is 2. The number of aromatic nitrogens is 2. The molecule has 0 spiro atoms. The number of anilines is 2. The molecule has 0 unspecified atom stereocenters. The van der Waals surface area contributed by atoms with Crippen molar-refractivity contribution in [2.45, 2.75) is 26.8 Å². The van der Waals surface area contributed by atoms with Gasteiger partial charge in [0.15, 0.2) is 0 Å². The number of nitrogens with one attached hydrogen (secondary N) is 2. The Morgan fingerprint density at radius 2 is 1.77 bits per heavy atom. The fourth-order valence-electron chi connectivity index (χ4n) is 4.65. The van der Waals surface area contributed by atoms with Crippen LogP contribution in [0.2, 0.25) is 0 Å². The predicted octanol–water partition coefficient (Wildman–Crippen LogP) is 6.80. The molecule has 2 heterocycles. The molecule has 35 heavy (non-hydrogen) atoms. The molecule has 3 aromatic carbocycles. The first-order chi connectivity index (χ1) is 16.8. The largest absolute Gasteiger partial charge is 0.495 e. The molecule has 1 aliphatic rings. The van der Waals surface area contributed by atoms with E-state index < -0.39 is 0 Å². The van der Waals surface area contributed by atoms with Gasteiger partial charge in [-0.1, -0.05) is 29.8 Å². The number of carbonyl (C=O) groups excluding carboxylic acids is 1. The first-order valence-electron chi connectivity index (χ1n) is 11.1. The maximum absolute atomic E-state index is 13.9. The number of fused-ring (bicyclic) bond motifs is 3. The lowest BCUT2D eigenvalue weighted by Crippen LogP contribution is -2.31. The van der Waals surface area contributed by atoms with Crippen molar-refractivity contribution in [3.05, 3.63) is 89.7 Å².